The first-order valence-corrected chi connectivity index (χ1v) is 12.0. The van der Waals surface area contributed by atoms with E-state index >= 15 is 0 Å². The molecule has 0 unspecified atom stereocenters. The normalized spacial score (nSPS) is 14.9. The number of carbonyl (C=O) groups is 1. The van der Waals surface area contributed by atoms with Crippen LogP contribution in [0.5, 0.6) is 0 Å². The standard InChI is InChI=1S/C25H21N3O4S/c26-33(30,31)19-12-10-17(11-13-19)27-25(29)23-20-7-1-2-9-22(20)28-24-16(5-3-8-21(23)24)15-18-6-4-14-32-18/h1-2,4,6-7,9-15H,3,5,8H2,(H,27,29)(H2,26,30,31)/b16-15-. The molecule has 33 heavy (non-hydrogen) atoms. The molecule has 0 bridgehead atoms. The molecule has 5 rings (SSSR count). The SMILES string of the molecule is NS(=O)(=O)c1ccc(NC(=O)c2c3c(nc4ccccc24)/C(=C\c2ccco2)CCC3)cc1. The van der Waals surface area contributed by atoms with Crippen LogP contribution in [0.1, 0.15) is 40.2 Å². The summed E-state index contributed by atoms with van der Waals surface area (Å²) in [7, 11) is -3.80. The minimum Gasteiger partial charge on any atom is -0.465 e. The molecular weight excluding hydrogens is 438 g/mol. The zero-order valence-electron chi connectivity index (χ0n) is 17.6. The maximum Gasteiger partial charge on any atom is 0.256 e. The third kappa shape index (κ3) is 4.18. The van der Waals surface area contributed by atoms with E-state index < -0.39 is 10.0 Å². The number of furan rings is 1. The van der Waals surface area contributed by atoms with Gasteiger partial charge in [0, 0.05) is 11.1 Å². The fourth-order valence-electron chi connectivity index (χ4n) is 4.20. The highest BCUT2D eigenvalue weighted by Gasteiger charge is 2.25. The number of para-hydroxylation sites is 1. The third-order valence-corrected chi connectivity index (χ3v) is 6.63. The number of primary sulfonamides is 1. The minimum absolute atomic E-state index is 0.0139. The molecule has 0 saturated carbocycles. The van der Waals surface area contributed by atoms with E-state index in [1.165, 1.54) is 24.3 Å². The Hall–Kier alpha value is -3.75. The predicted molar refractivity (Wildman–Crippen MR) is 127 cm³/mol. The quantitative estimate of drug-likeness (QED) is 0.463. The number of hydrogen-bond donors (Lipinski definition) is 2. The molecule has 0 radical (unpaired) electrons. The van der Waals surface area contributed by atoms with Crippen molar-refractivity contribution in [3.63, 3.8) is 0 Å². The van der Waals surface area contributed by atoms with Crippen molar-refractivity contribution in [2.45, 2.75) is 24.2 Å². The Morgan fingerprint density at radius 3 is 2.55 bits per heavy atom. The van der Waals surface area contributed by atoms with Gasteiger partial charge in [0.2, 0.25) is 10.0 Å². The molecule has 0 fully saturated rings. The van der Waals surface area contributed by atoms with Gasteiger partial charge in [-0.05, 0) is 78.9 Å². The summed E-state index contributed by atoms with van der Waals surface area (Å²) in [6.07, 6.45) is 6.07. The summed E-state index contributed by atoms with van der Waals surface area (Å²) in [5.74, 6) is 0.473. The molecule has 0 atom stereocenters. The molecule has 1 aliphatic rings. The molecule has 2 aromatic heterocycles. The summed E-state index contributed by atoms with van der Waals surface area (Å²) in [6, 6.07) is 17.1. The zero-order valence-corrected chi connectivity index (χ0v) is 18.4. The first kappa shape index (κ1) is 21.1. The van der Waals surface area contributed by atoms with Crippen molar-refractivity contribution in [1.29, 1.82) is 0 Å². The van der Waals surface area contributed by atoms with Crippen molar-refractivity contribution >= 4 is 44.2 Å². The van der Waals surface area contributed by atoms with Crippen molar-refractivity contribution in [2.24, 2.45) is 5.14 Å². The highest BCUT2D eigenvalue weighted by molar-refractivity contribution is 7.89. The number of pyridine rings is 1. The number of nitrogens with two attached hydrogens (primary N) is 1. The smallest absolute Gasteiger partial charge is 0.256 e. The van der Waals surface area contributed by atoms with Gasteiger partial charge in [-0.25, -0.2) is 18.5 Å². The number of nitrogens with zero attached hydrogens (tertiary/aromatic N) is 1. The fourth-order valence-corrected chi connectivity index (χ4v) is 4.72. The van der Waals surface area contributed by atoms with Crippen LogP contribution in [-0.4, -0.2) is 19.3 Å². The van der Waals surface area contributed by atoms with Gasteiger partial charge < -0.3 is 9.73 Å². The molecular formula is C25H21N3O4S. The van der Waals surface area contributed by atoms with Crippen LogP contribution >= 0.6 is 0 Å². The number of hydrogen-bond acceptors (Lipinski definition) is 5. The van der Waals surface area contributed by atoms with E-state index in [0.29, 0.717) is 11.3 Å². The molecule has 166 valence electrons. The molecule has 0 aliphatic heterocycles. The van der Waals surface area contributed by atoms with Gasteiger partial charge in [-0.1, -0.05) is 18.2 Å². The number of nitrogens with one attached hydrogen (secondary N) is 1. The van der Waals surface area contributed by atoms with Crippen LogP contribution in [0, 0.1) is 0 Å². The Balaban J connectivity index is 1.60. The summed E-state index contributed by atoms with van der Waals surface area (Å²) in [5.41, 5.74) is 4.53. The Kier molecular flexibility index (Phi) is 5.32. The summed E-state index contributed by atoms with van der Waals surface area (Å²) in [6.45, 7) is 0. The molecule has 0 saturated heterocycles. The number of fused-ring (bicyclic) bond motifs is 2. The fraction of sp³-hybridized carbons (Fsp3) is 0.120. The average Bonchev–Trinajstić information content (AvgIpc) is 3.31. The van der Waals surface area contributed by atoms with Gasteiger partial charge in [-0.2, -0.15) is 0 Å². The summed E-state index contributed by atoms with van der Waals surface area (Å²) in [4.78, 5) is 18.4. The second-order valence-corrected chi connectivity index (χ2v) is 9.45. The molecule has 4 aromatic rings. The van der Waals surface area contributed by atoms with Crippen LogP contribution in [0.4, 0.5) is 5.69 Å². The van der Waals surface area contributed by atoms with E-state index in [-0.39, 0.29) is 10.8 Å². The van der Waals surface area contributed by atoms with Crippen LogP contribution in [0.2, 0.25) is 0 Å². The average molecular weight is 460 g/mol. The van der Waals surface area contributed by atoms with E-state index in [0.717, 1.165) is 52.8 Å². The van der Waals surface area contributed by atoms with Crippen LogP contribution in [0.15, 0.2) is 76.2 Å². The van der Waals surface area contributed by atoms with E-state index in [4.69, 9.17) is 14.5 Å². The topological polar surface area (TPSA) is 115 Å². The zero-order chi connectivity index (χ0) is 23.0. The first-order chi connectivity index (χ1) is 15.9. The maximum atomic E-state index is 13.5. The van der Waals surface area contributed by atoms with Crippen LogP contribution in [0.3, 0.4) is 0 Å². The van der Waals surface area contributed by atoms with E-state index in [9.17, 15) is 13.2 Å². The number of benzene rings is 2. The van der Waals surface area contributed by atoms with Crippen LogP contribution in [-0.2, 0) is 16.4 Å². The second-order valence-electron chi connectivity index (χ2n) is 7.89. The highest BCUT2D eigenvalue weighted by atomic mass is 32.2. The summed E-state index contributed by atoms with van der Waals surface area (Å²) < 4.78 is 28.5. The minimum atomic E-state index is -3.80. The first-order valence-electron chi connectivity index (χ1n) is 10.5. The lowest BCUT2D eigenvalue weighted by molar-refractivity contribution is 0.102. The molecule has 3 N–H and O–H groups in total. The van der Waals surface area contributed by atoms with Gasteiger partial charge in [0.15, 0.2) is 0 Å². The number of aromatic nitrogens is 1. The van der Waals surface area contributed by atoms with Gasteiger partial charge in [0.1, 0.15) is 5.76 Å². The number of amides is 1. The lowest BCUT2D eigenvalue weighted by Gasteiger charge is -2.22. The largest absolute Gasteiger partial charge is 0.465 e. The number of rotatable bonds is 4. The second kappa shape index (κ2) is 8.31. The van der Waals surface area contributed by atoms with Crippen molar-refractivity contribution in [3.8, 4) is 0 Å². The van der Waals surface area contributed by atoms with Crippen molar-refractivity contribution in [1.82, 2.24) is 4.98 Å². The number of carbonyl (C=O) groups excluding carboxylic acids is 1. The molecule has 8 heteroatoms. The highest BCUT2D eigenvalue weighted by Crippen LogP contribution is 2.36. The summed E-state index contributed by atoms with van der Waals surface area (Å²) in [5, 5.41) is 8.84. The Labute approximate surface area is 191 Å². The van der Waals surface area contributed by atoms with Crippen molar-refractivity contribution < 1.29 is 17.6 Å². The summed E-state index contributed by atoms with van der Waals surface area (Å²) >= 11 is 0. The molecule has 7 nitrogen and oxygen atoms in total. The number of anilines is 1. The van der Waals surface area contributed by atoms with Gasteiger partial charge in [-0.15, -0.1) is 0 Å². The lowest BCUT2D eigenvalue weighted by Crippen LogP contribution is -2.19. The van der Waals surface area contributed by atoms with Crippen LogP contribution in [0.25, 0.3) is 22.6 Å². The lowest BCUT2D eigenvalue weighted by atomic mass is 9.86. The predicted octanol–water partition coefficient (Wildman–Crippen LogP) is 4.60. The van der Waals surface area contributed by atoms with E-state index in [1.807, 2.05) is 42.5 Å². The van der Waals surface area contributed by atoms with Crippen LogP contribution < -0.4 is 10.5 Å². The molecule has 2 heterocycles. The van der Waals surface area contributed by atoms with Crippen molar-refractivity contribution in [2.75, 3.05) is 5.32 Å². The molecule has 1 aliphatic carbocycles. The van der Waals surface area contributed by atoms with Gasteiger partial charge in [0.05, 0.1) is 27.9 Å². The Bertz CT molecular complexity index is 1490. The molecule has 2 aromatic carbocycles. The van der Waals surface area contributed by atoms with Gasteiger partial charge in [0.25, 0.3) is 5.91 Å². The molecule has 0 spiro atoms. The van der Waals surface area contributed by atoms with Gasteiger partial charge in [-0.3, -0.25) is 4.79 Å². The van der Waals surface area contributed by atoms with E-state index in [1.54, 1.807) is 6.26 Å². The van der Waals surface area contributed by atoms with Gasteiger partial charge >= 0.3 is 0 Å². The maximum absolute atomic E-state index is 13.5. The third-order valence-electron chi connectivity index (χ3n) is 5.70. The molecule has 1 amide bonds. The number of sulfonamides is 1. The van der Waals surface area contributed by atoms with E-state index in [2.05, 4.69) is 5.32 Å². The number of allylic oxidation sites excluding steroid dienone is 1. The Morgan fingerprint density at radius 1 is 1.03 bits per heavy atom. The van der Waals surface area contributed by atoms with Crippen molar-refractivity contribution in [3.05, 3.63) is 89.5 Å². The Morgan fingerprint density at radius 2 is 1.82 bits per heavy atom. The monoisotopic (exact) mass is 459 g/mol.